The van der Waals surface area contributed by atoms with Crippen molar-refractivity contribution in [2.75, 3.05) is 11.9 Å². The van der Waals surface area contributed by atoms with Gasteiger partial charge in [0.2, 0.25) is 15.9 Å². The van der Waals surface area contributed by atoms with Gasteiger partial charge < -0.3 is 5.32 Å². The van der Waals surface area contributed by atoms with Crippen LogP contribution in [-0.2, 0) is 14.8 Å². The maximum Gasteiger partial charge on any atom is 0.241 e. The molecule has 2 N–H and O–H groups in total. The number of thiazole rings is 1. The second-order valence-corrected chi connectivity index (χ2v) is 9.69. The fourth-order valence-electron chi connectivity index (χ4n) is 2.65. The molecule has 0 atom stereocenters. The van der Waals surface area contributed by atoms with Crippen molar-refractivity contribution >= 4 is 58.5 Å². The van der Waals surface area contributed by atoms with Crippen molar-refractivity contribution in [1.82, 2.24) is 9.71 Å². The predicted molar refractivity (Wildman–Crippen MR) is 112 cm³/mol. The molecule has 142 valence electrons. The molecule has 0 saturated carbocycles. The van der Waals surface area contributed by atoms with Gasteiger partial charge in [-0.3, -0.25) is 4.79 Å². The van der Waals surface area contributed by atoms with Crippen molar-refractivity contribution in [3.63, 3.8) is 0 Å². The number of hydrogen-bond donors (Lipinski definition) is 2. The Hall–Kier alpha value is -1.81. The minimum atomic E-state index is -3.68. The second kappa shape index (κ2) is 8.05. The standard InChI is InChI=1S/C18H18BrN3O3S2/c1-11-9-12(2)17-14(10-11)26-18(22-17)21-16(23)7-8-20-27(24,25)15-6-4-3-5-13(15)19/h3-6,9-10,20H,7-8H2,1-2H3,(H,21,22,23). The first kappa shape index (κ1) is 19.9. The molecule has 0 aliphatic carbocycles. The molecule has 0 aliphatic heterocycles. The van der Waals surface area contributed by atoms with Crippen molar-refractivity contribution < 1.29 is 13.2 Å². The Morgan fingerprint density at radius 1 is 1.22 bits per heavy atom. The summed E-state index contributed by atoms with van der Waals surface area (Å²) in [5.74, 6) is -0.293. The summed E-state index contributed by atoms with van der Waals surface area (Å²) in [7, 11) is -3.68. The van der Waals surface area contributed by atoms with E-state index in [1.807, 2.05) is 26.0 Å². The van der Waals surface area contributed by atoms with Crippen LogP contribution in [0.3, 0.4) is 0 Å². The number of fused-ring (bicyclic) bond motifs is 1. The number of anilines is 1. The lowest BCUT2D eigenvalue weighted by Crippen LogP contribution is -2.28. The molecule has 1 heterocycles. The van der Waals surface area contributed by atoms with Gasteiger partial charge in [-0.2, -0.15) is 0 Å². The minimum absolute atomic E-state index is 0.00146. The topological polar surface area (TPSA) is 88.2 Å². The predicted octanol–water partition coefficient (Wildman–Crippen LogP) is 3.98. The van der Waals surface area contributed by atoms with Crippen LogP contribution in [0.5, 0.6) is 0 Å². The molecule has 3 rings (SSSR count). The van der Waals surface area contributed by atoms with Gasteiger partial charge in [-0.15, -0.1) is 0 Å². The Balaban J connectivity index is 1.60. The first-order valence-corrected chi connectivity index (χ1v) is 11.3. The number of sulfonamides is 1. The van der Waals surface area contributed by atoms with Crippen molar-refractivity contribution in [3.8, 4) is 0 Å². The number of hydrogen-bond acceptors (Lipinski definition) is 5. The summed E-state index contributed by atoms with van der Waals surface area (Å²) in [6.45, 7) is 4.00. The summed E-state index contributed by atoms with van der Waals surface area (Å²) in [5.41, 5.74) is 3.07. The number of nitrogens with zero attached hydrogens (tertiary/aromatic N) is 1. The van der Waals surface area contributed by atoms with E-state index in [1.165, 1.54) is 17.4 Å². The van der Waals surface area contributed by atoms with Crippen LogP contribution < -0.4 is 10.0 Å². The lowest BCUT2D eigenvalue weighted by molar-refractivity contribution is -0.116. The lowest BCUT2D eigenvalue weighted by Gasteiger charge is -2.08. The summed E-state index contributed by atoms with van der Waals surface area (Å²) < 4.78 is 28.5. The zero-order valence-electron chi connectivity index (χ0n) is 14.7. The monoisotopic (exact) mass is 467 g/mol. The highest BCUT2D eigenvalue weighted by Gasteiger charge is 2.17. The number of benzene rings is 2. The molecule has 0 bridgehead atoms. The van der Waals surface area contributed by atoms with E-state index in [0.29, 0.717) is 9.60 Å². The molecule has 0 spiro atoms. The Morgan fingerprint density at radius 3 is 2.70 bits per heavy atom. The van der Waals surface area contributed by atoms with E-state index in [2.05, 4.69) is 31.0 Å². The summed E-state index contributed by atoms with van der Waals surface area (Å²) in [4.78, 5) is 16.7. The van der Waals surface area contributed by atoms with E-state index >= 15 is 0 Å². The third kappa shape index (κ3) is 4.73. The Bertz CT molecular complexity index is 1110. The molecule has 0 aliphatic rings. The first-order chi connectivity index (χ1) is 12.8. The first-order valence-electron chi connectivity index (χ1n) is 8.18. The summed E-state index contributed by atoms with van der Waals surface area (Å²) in [5, 5.41) is 3.25. The molecule has 1 aromatic heterocycles. The molecule has 2 aromatic carbocycles. The SMILES string of the molecule is Cc1cc(C)c2nc(NC(=O)CCNS(=O)(=O)c3ccccc3Br)sc2c1. The number of amides is 1. The molecule has 3 aromatic rings. The van der Waals surface area contributed by atoms with Crippen LogP contribution in [0.25, 0.3) is 10.2 Å². The van der Waals surface area contributed by atoms with Crippen molar-refractivity contribution in [2.24, 2.45) is 0 Å². The summed E-state index contributed by atoms with van der Waals surface area (Å²) >= 11 is 4.62. The van der Waals surface area contributed by atoms with E-state index in [9.17, 15) is 13.2 Å². The Kier molecular flexibility index (Phi) is 5.95. The van der Waals surface area contributed by atoms with Crippen LogP contribution >= 0.6 is 27.3 Å². The molecule has 6 nitrogen and oxygen atoms in total. The van der Waals surface area contributed by atoms with Crippen LogP contribution in [0.4, 0.5) is 5.13 Å². The molecule has 0 saturated heterocycles. The maximum absolute atomic E-state index is 12.3. The lowest BCUT2D eigenvalue weighted by atomic mass is 10.1. The van der Waals surface area contributed by atoms with Crippen molar-refractivity contribution in [1.29, 1.82) is 0 Å². The van der Waals surface area contributed by atoms with Gasteiger partial charge in [0.25, 0.3) is 0 Å². The second-order valence-electron chi connectivity index (χ2n) is 6.07. The number of aromatic nitrogens is 1. The van der Waals surface area contributed by atoms with Gasteiger partial charge in [-0.25, -0.2) is 18.1 Å². The zero-order valence-corrected chi connectivity index (χ0v) is 18.0. The maximum atomic E-state index is 12.3. The smallest absolute Gasteiger partial charge is 0.241 e. The third-order valence-electron chi connectivity index (χ3n) is 3.85. The minimum Gasteiger partial charge on any atom is -0.302 e. The van der Waals surface area contributed by atoms with E-state index < -0.39 is 10.0 Å². The molecule has 0 fully saturated rings. The molecule has 0 unspecified atom stereocenters. The van der Waals surface area contributed by atoms with E-state index in [1.54, 1.807) is 18.2 Å². The molecule has 1 amide bonds. The van der Waals surface area contributed by atoms with Crippen molar-refractivity contribution in [2.45, 2.75) is 25.2 Å². The van der Waals surface area contributed by atoms with Crippen LogP contribution in [0.2, 0.25) is 0 Å². The number of halogens is 1. The number of nitrogens with one attached hydrogen (secondary N) is 2. The molecular formula is C18H18BrN3O3S2. The fourth-order valence-corrected chi connectivity index (χ4v) is 5.74. The Labute approximate surface area is 170 Å². The van der Waals surface area contributed by atoms with E-state index in [4.69, 9.17) is 0 Å². The highest BCUT2D eigenvalue weighted by Crippen LogP contribution is 2.29. The largest absolute Gasteiger partial charge is 0.302 e. The number of carbonyl (C=O) groups is 1. The summed E-state index contributed by atoms with van der Waals surface area (Å²) in [6, 6.07) is 10.6. The van der Waals surface area contributed by atoms with Gasteiger partial charge in [-0.05, 0) is 59.1 Å². The highest BCUT2D eigenvalue weighted by molar-refractivity contribution is 9.10. The fraction of sp³-hybridized carbons (Fsp3) is 0.222. The number of carbonyl (C=O) groups excluding carboxylic acids is 1. The molecule has 9 heteroatoms. The average molecular weight is 468 g/mol. The molecule has 0 radical (unpaired) electrons. The van der Waals surface area contributed by atoms with Crippen LogP contribution in [0.1, 0.15) is 17.5 Å². The highest BCUT2D eigenvalue weighted by atomic mass is 79.9. The van der Waals surface area contributed by atoms with Crippen molar-refractivity contribution in [3.05, 3.63) is 52.0 Å². The average Bonchev–Trinajstić information content (AvgIpc) is 2.97. The normalized spacial score (nSPS) is 11.7. The van der Waals surface area contributed by atoms with Gasteiger partial charge in [0.15, 0.2) is 5.13 Å². The van der Waals surface area contributed by atoms with Crippen LogP contribution in [-0.4, -0.2) is 25.9 Å². The number of aryl methyl sites for hydroxylation is 2. The molecular weight excluding hydrogens is 450 g/mol. The van der Waals surface area contributed by atoms with E-state index in [0.717, 1.165) is 21.3 Å². The van der Waals surface area contributed by atoms with Crippen LogP contribution in [0, 0.1) is 13.8 Å². The summed E-state index contributed by atoms with van der Waals surface area (Å²) in [6.07, 6.45) is 0.0115. The number of rotatable bonds is 6. The zero-order chi connectivity index (χ0) is 19.6. The van der Waals surface area contributed by atoms with Gasteiger partial charge in [0.1, 0.15) is 0 Å². The Morgan fingerprint density at radius 2 is 1.96 bits per heavy atom. The van der Waals surface area contributed by atoms with Crippen LogP contribution in [0.15, 0.2) is 45.8 Å². The van der Waals surface area contributed by atoms with E-state index in [-0.39, 0.29) is 23.8 Å². The quantitative estimate of drug-likeness (QED) is 0.573. The van der Waals surface area contributed by atoms with Gasteiger partial charge in [0.05, 0.1) is 15.1 Å². The third-order valence-corrected chi connectivity index (χ3v) is 7.24. The molecule has 27 heavy (non-hydrogen) atoms. The van der Waals surface area contributed by atoms with Gasteiger partial charge >= 0.3 is 0 Å². The van der Waals surface area contributed by atoms with Gasteiger partial charge in [0, 0.05) is 17.4 Å². The van der Waals surface area contributed by atoms with Gasteiger partial charge in [-0.1, -0.05) is 29.5 Å².